The summed E-state index contributed by atoms with van der Waals surface area (Å²) in [6, 6.07) is 2.16. The third-order valence-corrected chi connectivity index (χ3v) is 7.29. The third kappa shape index (κ3) is 4.04. The zero-order valence-corrected chi connectivity index (χ0v) is 17.6. The summed E-state index contributed by atoms with van der Waals surface area (Å²) in [4.78, 5) is 34.2. The number of nitrogens with one attached hydrogen (secondary N) is 2. The van der Waals surface area contributed by atoms with E-state index in [0.717, 1.165) is 29.7 Å². The molecule has 0 radical (unpaired) electrons. The van der Waals surface area contributed by atoms with Crippen LogP contribution in [0.3, 0.4) is 0 Å². The molecule has 0 saturated carbocycles. The Kier molecular flexibility index (Phi) is 5.63. The molecule has 2 aromatic rings. The number of fused-ring (bicyclic) bond motifs is 3. The molecular weight excluding hydrogens is 380 g/mol. The van der Waals surface area contributed by atoms with Gasteiger partial charge in [-0.2, -0.15) is 5.26 Å². The predicted molar refractivity (Wildman–Crippen MR) is 109 cm³/mol. The lowest BCUT2D eigenvalue weighted by atomic mass is 9.89. The smallest absolute Gasteiger partial charge is 0.260 e. The van der Waals surface area contributed by atoms with E-state index in [2.05, 4.69) is 28.3 Å². The van der Waals surface area contributed by atoms with Gasteiger partial charge < -0.3 is 10.3 Å². The standard InChI is InChI=1S/C19H24N4O2S2/c1-10(2)19(4,9-20)23-14(24)8-26-18-21-16(25)15-12-6-5-11(3)7-13(12)27-17(15)22-18/h10-11H,5-8H2,1-4H3,(H,23,24)(H,21,22,25)/t11-,19-/m1/s1. The minimum atomic E-state index is -0.911. The average Bonchev–Trinajstić information content (AvgIpc) is 2.97. The van der Waals surface area contributed by atoms with Crippen molar-refractivity contribution in [2.24, 2.45) is 11.8 Å². The second-order valence-electron chi connectivity index (χ2n) is 7.71. The number of hydrogen-bond acceptors (Lipinski definition) is 6. The van der Waals surface area contributed by atoms with Crippen LogP contribution in [0.4, 0.5) is 0 Å². The molecule has 0 aromatic carbocycles. The number of aromatic nitrogens is 2. The fraction of sp³-hybridized carbons (Fsp3) is 0.579. The lowest BCUT2D eigenvalue weighted by Crippen LogP contribution is -2.49. The maximum Gasteiger partial charge on any atom is 0.260 e. The number of thiophene rings is 1. The summed E-state index contributed by atoms with van der Waals surface area (Å²) in [5.41, 5.74) is 0.114. The van der Waals surface area contributed by atoms with E-state index < -0.39 is 5.54 Å². The number of aromatic amines is 1. The lowest BCUT2D eigenvalue weighted by Gasteiger charge is -2.27. The first kappa shape index (κ1) is 19.9. The first-order valence-electron chi connectivity index (χ1n) is 9.13. The zero-order valence-electron chi connectivity index (χ0n) is 16.0. The molecule has 1 amide bonds. The monoisotopic (exact) mass is 404 g/mol. The summed E-state index contributed by atoms with van der Waals surface area (Å²) in [5.74, 6) is 0.476. The molecule has 144 valence electrons. The molecule has 0 bridgehead atoms. The van der Waals surface area contributed by atoms with Crippen LogP contribution in [-0.2, 0) is 17.6 Å². The number of nitrogens with zero attached hydrogens (tertiary/aromatic N) is 2. The number of nitriles is 1. The van der Waals surface area contributed by atoms with Gasteiger partial charge in [0.05, 0.1) is 17.2 Å². The van der Waals surface area contributed by atoms with E-state index in [0.29, 0.717) is 16.5 Å². The summed E-state index contributed by atoms with van der Waals surface area (Å²) in [6.07, 6.45) is 3.03. The van der Waals surface area contributed by atoms with Crippen molar-refractivity contribution in [3.05, 3.63) is 20.8 Å². The fourth-order valence-electron chi connectivity index (χ4n) is 3.16. The van der Waals surface area contributed by atoms with Gasteiger partial charge in [-0.1, -0.05) is 32.5 Å². The van der Waals surface area contributed by atoms with E-state index in [1.807, 2.05) is 13.8 Å². The Hall–Kier alpha value is -1.85. The second-order valence-corrected chi connectivity index (χ2v) is 9.76. The largest absolute Gasteiger partial charge is 0.337 e. The Morgan fingerprint density at radius 1 is 1.56 bits per heavy atom. The molecule has 2 N–H and O–H groups in total. The molecule has 1 aliphatic carbocycles. The number of rotatable bonds is 5. The van der Waals surface area contributed by atoms with Crippen LogP contribution in [0, 0.1) is 23.2 Å². The minimum Gasteiger partial charge on any atom is -0.337 e. The predicted octanol–water partition coefficient (Wildman–Crippen LogP) is 3.26. The van der Waals surface area contributed by atoms with E-state index in [1.165, 1.54) is 16.6 Å². The van der Waals surface area contributed by atoms with E-state index >= 15 is 0 Å². The Morgan fingerprint density at radius 2 is 2.30 bits per heavy atom. The number of aryl methyl sites for hydroxylation is 1. The van der Waals surface area contributed by atoms with Crippen LogP contribution in [0.1, 0.15) is 44.6 Å². The Labute approximate surface area is 166 Å². The van der Waals surface area contributed by atoms with Crippen LogP contribution in [0.25, 0.3) is 10.2 Å². The molecule has 3 rings (SSSR count). The highest BCUT2D eigenvalue weighted by atomic mass is 32.2. The third-order valence-electron chi connectivity index (χ3n) is 5.27. The van der Waals surface area contributed by atoms with E-state index in [1.54, 1.807) is 18.3 Å². The van der Waals surface area contributed by atoms with Crippen LogP contribution in [0.5, 0.6) is 0 Å². The quantitative estimate of drug-likeness (QED) is 0.589. The first-order chi connectivity index (χ1) is 12.7. The topological polar surface area (TPSA) is 98.6 Å². The van der Waals surface area contributed by atoms with Crippen molar-refractivity contribution in [3.63, 3.8) is 0 Å². The molecule has 0 spiro atoms. The summed E-state index contributed by atoms with van der Waals surface area (Å²) in [5, 5.41) is 13.2. The van der Waals surface area contributed by atoms with Crippen LogP contribution < -0.4 is 10.9 Å². The number of carbonyl (C=O) groups is 1. The SMILES string of the molecule is CC(C)[C@@](C)(C#N)NC(=O)CSc1nc2sc3c(c2c(=O)[nH]1)CC[C@@H](C)C3. The molecule has 0 unspecified atom stereocenters. The van der Waals surface area contributed by atoms with Crippen LogP contribution in [0.15, 0.2) is 9.95 Å². The highest BCUT2D eigenvalue weighted by Crippen LogP contribution is 2.36. The maximum atomic E-state index is 12.6. The van der Waals surface area contributed by atoms with Crippen molar-refractivity contribution in [2.75, 3.05) is 5.75 Å². The number of amides is 1. The van der Waals surface area contributed by atoms with Gasteiger partial charge in [-0.3, -0.25) is 9.59 Å². The van der Waals surface area contributed by atoms with Crippen molar-refractivity contribution < 1.29 is 4.79 Å². The van der Waals surface area contributed by atoms with Gasteiger partial charge >= 0.3 is 0 Å². The number of H-pyrrole nitrogens is 1. The van der Waals surface area contributed by atoms with Crippen molar-refractivity contribution in [3.8, 4) is 6.07 Å². The van der Waals surface area contributed by atoms with Crippen molar-refractivity contribution in [1.29, 1.82) is 5.26 Å². The van der Waals surface area contributed by atoms with Crippen molar-refractivity contribution >= 4 is 39.2 Å². The molecule has 8 heteroatoms. The van der Waals surface area contributed by atoms with Gasteiger partial charge in [0, 0.05) is 4.88 Å². The van der Waals surface area contributed by atoms with Gasteiger partial charge in [-0.15, -0.1) is 11.3 Å². The molecule has 27 heavy (non-hydrogen) atoms. The number of thioether (sulfide) groups is 1. The van der Waals surface area contributed by atoms with E-state index in [9.17, 15) is 14.9 Å². The van der Waals surface area contributed by atoms with E-state index in [4.69, 9.17) is 0 Å². The molecule has 0 saturated heterocycles. The van der Waals surface area contributed by atoms with Gasteiger partial charge in [0.25, 0.3) is 5.56 Å². The minimum absolute atomic E-state index is 0.00874. The summed E-state index contributed by atoms with van der Waals surface area (Å²) in [7, 11) is 0. The highest BCUT2D eigenvalue weighted by molar-refractivity contribution is 7.99. The maximum absolute atomic E-state index is 12.6. The van der Waals surface area contributed by atoms with Gasteiger partial charge in [-0.25, -0.2) is 4.98 Å². The molecule has 2 atom stereocenters. The summed E-state index contributed by atoms with van der Waals surface area (Å²) in [6.45, 7) is 7.73. The van der Waals surface area contributed by atoms with Crippen molar-refractivity contribution in [2.45, 2.75) is 57.7 Å². The first-order valence-corrected chi connectivity index (χ1v) is 10.9. The van der Waals surface area contributed by atoms with E-state index in [-0.39, 0.29) is 23.1 Å². The lowest BCUT2D eigenvalue weighted by molar-refractivity contribution is -0.120. The molecule has 2 aromatic heterocycles. The van der Waals surface area contributed by atoms with Crippen molar-refractivity contribution in [1.82, 2.24) is 15.3 Å². The Balaban J connectivity index is 1.76. The summed E-state index contributed by atoms with van der Waals surface area (Å²) < 4.78 is 0. The molecule has 6 nitrogen and oxygen atoms in total. The summed E-state index contributed by atoms with van der Waals surface area (Å²) >= 11 is 2.78. The van der Waals surface area contributed by atoms with Crippen LogP contribution in [-0.4, -0.2) is 27.2 Å². The van der Waals surface area contributed by atoms with Gasteiger partial charge in [-0.05, 0) is 43.6 Å². The zero-order chi connectivity index (χ0) is 19.8. The number of hydrogen-bond donors (Lipinski definition) is 2. The van der Waals surface area contributed by atoms with Gasteiger partial charge in [0.1, 0.15) is 10.4 Å². The normalized spacial score (nSPS) is 18.7. The Bertz CT molecular complexity index is 972. The van der Waals surface area contributed by atoms with Crippen LogP contribution >= 0.6 is 23.1 Å². The molecular formula is C19H24N4O2S2. The van der Waals surface area contributed by atoms with Gasteiger partial charge in [0.2, 0.25) is 5.91 Å². The molecule has 0 fully saturated rings. The number of carbonyl (C=O) groups excluding carboxylic acids is 1. The van der Waals surface area contributed by atoms with Crippen LogP contribution in [0.2, 0.25) is 0 Å². The Morgan fingerprint density at radius 3 is 2.96 bits per heavy atom. The fourth-order valence-corrected chi connectivity index (χ4v) is 5.26. The highest BCUT2D eigenvalue weighted by Gasteiger charge is 2.30. The molecule has 0 aliphatic heterocycles. The van der Waals surface area contributed by atoms with Gasteiger partial charge in [0.15, 0.2) is 5.16 Å². The average molecular weight is 405 g/mol. The molecule has 2 heterocycles. The second kappa shape index (κ2) is 7.64. The molecule has 1 aliphatic rings.